The van der Waals surface area contributed by atoms with Crippen LogP contribution in [0.5, 0.6) is 0 Å². The molecule has 0 aliphatic rings. The average molecular weight is 222 g/mol. The number of hydrogen-bond acceptors (Lipinski definition) is 2. The van der Waals surface area contributed by atoms with E-state index in [9.17, 15) is 4.79 Å². The molecule has 0 bridgehead atoms. The fourth-order valence-electron chi connectivity index (χ4n) is 1.28. The summed E-state index contributed by atoms with van der Waals surface area (Å²) in [5.74, 6) is 4.87. The van der Waals surface area contributed by atoms with E-state index in [1.54, 1.807) is 0 Å². The third-order valence-corrected chi connectivity index (χ3v) is 2.15. The Balaban J connectivity index is 0.00000106. The van der Waals surface area contributed by atoms with Crippen molar-refractivity contribution in [2.75, 3.05) is 0 Å². The molecule has 0 saturated heterocycles. The number of carbonyl (C=O) groups is 1. The van der Waals surface area contributed by atoms with Crippen LogP contribution in [0, 0.1) is 6.92 Å². The highest BCUT2D eigenvalue weighted by molar-refractivity contribution is 5.75. The largest absolute Gasteiger partial charge is 0.294 e. The molecule has 1 rings (SSSR count). The predicted octanol–water partition coefficient (Wildman–Crippen LogP) is 2.33. The molecule has 16 heavy (non-hydrogen) atoms. The maximum absolute atomic E-state index is 10.8. The molecule has 1 aromatic rings. The monoisotopic (exact) mass is 222 g/mol. The van der Waals surface area contributed by atoms with Gasteiger partial charge in [0.25, 0.3) is 0 Å². The Morgan fingerprint density at radius 3 is 2.31 bits per heavy atom. The van der Waals surface area contributed by atoms with E-state index < -0.39 is 0 Å². The number of nitrogens with one attached hydrogen (secondary N) is 1. The Morgan fingerprint density at radius 2 is 1.81 bits per heavy atom. The smallest absolute Gasteiger partial charge is 0.233 e. The molecule has 0 saturated carbocycles. The predicted molar refractivity (Wildman–Crippen MR) is 67.8 cm³/mol. The molecule has 0 aliphatic carbocycles. The summed E-state index contributed by atoms with van der Waals surface area (Å²) in [6, 6.07) is 8.35. The molecule has 1 aromatic carbocycles. The van der Waals surface area contributed by atoms with Crippen LogP contribution in [-0.4, -0.2) is 5.91 Å². The van der Waals surface area contributed by atoms with E-state index in [2.05, 4.69) is 36.6 Å². The van der Waals surface area contributed by atoms with Gasteiger partial charge < -0.3 is 0 Å². The van der Waals surface area contributed by atoms with Gasteiger partial charge in [0.1, 0.15) is 0 Å². The highest BCUT2D eigenvalue weighted by Gasteiger charge is 1.98. The SMILES string of the molecule is CC.Cc1ccc(CCCC(=O)NN)cc1. The average Bonchev–Trinajstić information content (AvgIpc) is 2.34. The summed E-state index contributed by atoms with van der Waals surface area (Å²) in [5.41, 5.74) is 4.64. The fourth-order valence-corrected chi connectivity index (χ4v) is 1.28. The van der Waals surface area contributed by atoms with Crippen LogP contribution in [0.2, 0.25) is 0 Å². The fraction of sp³-hybridized carbons (Fsp3) is 0.462. The summed E-state index contributed by atoms with van der Waals surface area (Å²) in [6.45, 7) is 6.06. The van der Waals surface area contributed by atoms with Crippen molar-refractivity contribution in [3.05, 3.63) is 35.4 Å². The summed E-state index contributed by atoms with van der Waals surface area (Å²) >= 11 is 0. The molecule has 3 N–H and O–H groups in total. The van der Waals surface area contributed by atoms with Crippen molar-refractivity contribution >= 4 is 5.91 Å². The standard InChI is InChI=1S/C11H16N2O.C2H6/c1-9-5-7-10(8-6-9)3-2-4-11(14)13-12;1-2/h5-8H,2-4,12H2,1H3,(H,13,14);1-2H3. The summed E-state index contributed by atoms with van der Waals surface area (Å²) in [4.78, 5) is 10.8. The molecule has 1 amide bonds. The van der Waals surface area contributed by atoms with E-state index >= 15 is 0 Å². The molecule has 0 atom stereocenters. The van der Waals surface area contributed by atoms with Gasteiger partial charge in [0, 0.05) is 6.42 Å². The highest BCUT2D eigenvalue weighted by atomic mass is 16.2. The maximum Gasteiger partial charge on any atom is 0.233 e. The number of rotatable bonds is 4. The first kappa shape index (κ1) is 14.6. The molecular weight excluding hydrogens is 200 g/mol. The van der Waals surface area contributed by atoms with Crippen LogP contribution in [0.25, 0.3) is 0 Å². The van der Waals surface area contributed by atoms with Gasteiger partial charge in [-0.2, -0.15) is 0 Å². The van der Waals surface area contributed by atoms with Crippen molar-refractivity contribution in [2.45, 2.75) is 40.0 Å². The Bertz CT molecular complexity index is 293. The van der Waals surface area contributed by atoms with Crippen LogP contribution in [0.15, 0.2) is 24.3 Å². The van der Waals surface area contributed by atoms with Crippen LogP contribution >= 0.6 is 0 Å². The van der Waals surface area contributed by atoms with Crippen molar-refractivity contribution in [3.63, 3.8) is 0 Å². The summed E-state index contributed by atoms with van der Waals surface area (Å²) in [6.07, 6.45) is 2.25. The second-order valence-electron chi connectivity index (χ2n) is 3.41. The Kier molecular flexibility index (Phi) is 8.17. The lowest BCUT2D eigenvalue weighted by atomic mass is 10.1. The zero-order valence-electron chi connectivity index (χ0n) is 10.4. The van der Waals surface area contributed by atoms with E-state index in [1.165, 1.54) is 11.1 Å². The van der Waals surface area contributed by atoms with Gasteiger partial charge in [-0.25, -0.2) is 5.84 Å². The van der Waals surface area contributed by atoms with E-state index in [0.717, 1.165) is 12.8 Å². The number of benzene rings is 1. The lowest BCUT2D eigenvalue weighted by molar-refractivity contribution is -0.121. The first-order valence-electron chi connectivity index (χ1n) is 5.77. The van der Waals surface area contributed by atoms with Crippen LogP contribution < -0.4 is 11.3 Å². The Morgan fingerprint density at radius 1 is 1.25 bits per heavy atom. The first-order valence-corrected chi connectivity index (χ1v) is 5.77. The van der Waals surface area contributed by atoms with Crippen LogP contribution in [-0.2, 0) is 11.2 Å². The van der Waals surface area contributed by atoms with Crippen LogP contribution in [0.1, 0.15) is 37.8 Å². The molecule has 0 aromatic heterocycles. The van der Waals surface area contributed by atoms with E-state index in [-0.39, 0.29) is 5.91 Å². The Hall–Kier alpha value is -1.35. The van der Waals surface area contributed by atoms with Crippen molar-refractivity contribution in [3.8, 4) is 0 Å². The third-order valence-electron chi connectivity index (χ3n) is 2.15. The second kappa shape index (κ2) is 8.92. The van der Waals surface area contributed by atoms with Gasteiger partial charge in [-0.15, -0.1) is 0 Å². The molecule has 0 spiro atoms. The third kappa shape index (κ3) is 6.19. The minimum Gasteiger partial charge on any atom is -0.294 e. The molecule has 3 heteroatoms. The zero-order valence-corrected chi connectivity index (χ0v) is 10.4. The van der Waals surface area contributed by atoms with E-state index in [1.807, 2.05) is 13.8 Å². The molecule has 0 radical (unpaired) electrons. The molecular formula is C13H22N2O. The molecule has 0 aliphatic heterocycles. The molecule has 0 heterocycles. The molecule has 90 valence electrons. The van der Waals surface area contributed by atoms with Gasteiger partial charge >= 0.3 is 0 Å². The Labute approximate surface area is 98.0 Å². The van der Waals surface area contributed by atoms with Gasteiger partial charge in [0.15, 0.2) is 0 Å². The van der Waals surface area contributed by atoms with Gasteiger partial charge in [0.05, 0.1) is 0 Å². The van der Waals surface area contributed by atoms with Crippen molar-refractivity contribution in [1.82, 2.24) is 5.43 Å². The zero-order chi connectivity index (χ0) is 12.4. The minimum absolute atomic E-state index is 0.0999. The van der Waals surface area contributed by atoms with Gasteiger partial charge in [-0.1, -0.05) is 43.7 Å². The number of aryl methyl sites for hydroxylation is 2. The van der Waals surface area contributed by atoms with Crippen molar-refractivity contribution < 1.29 is 4.79 Å². The van der Waals surface area contributed by atoms with Crippen molar-refractivity contribution in [1.29, 1.82) is 0 Å². The van der Waals surface area contributed by atoms with Gasteiger partial charge in [-0.3, -0.25) is 10.2 Å². The normalized spacial score (nSPS) is 9.00. The lowest BCUT2D eigenvalue weighted by Gasteiger charge is -2.01. The van der Waals surface area contributed by atoms with Crippen molar-refractivity contribution in [2.24, 2.45) is 5.84 Å². The first-order chi connectivity index (χ1) is 7.72. The van der Waals surface area contributed by atoms with Crippen LogP contribution in [0.4, 0.5) is 0 Å². The maximum atomic E-state index is 10.8. The summed E-state index contributed by atoms with van der Waals surface area (Å²) in [7, 11) is 0. The number of hydrogen-bond donors (Lipinski definition) is 2. The van der Waals surface area contributed by atoms with Gasteiger partial charge in [0.2, 0.25) is 5.91 Å². The number of nitrogens with two attached hydrogens (primary N) is 1. The number of amides is 1. The van der Waals surface area contributed by atoms with Gasteiger partial charge in [-0.05, 0) is 25.3 Å². The molecule has 3 nitrogen and oxygen atoms in total. The minimum atomic E-state index is -0.0999. The highest BCUT2D eigenvalue weighted by Crippen LogP contribution is 2.06. The quantitative estimate of drug-likeness (QED) is 0.467. The topological polar surface area (TPSA) is 55.1 Å². The molecule has 0 unspecified atom stereocenters. The number of carbonyl (C=O) groups excluding carboxylic acids is 1. The summed E-state index contributed by atoms with van der Waals surface area (Å²) < 4.78 is 0. The number of hydrazine groups is 1. The van der Waals surface area contributed by atoms with E-state index in [4.69, 9.17) is 5.84 Å². The molecule has 0 fully saturated rings. The van der Waals surface area contributed by atoms with E-state index in [0.29, 0.717) is 6.42 Å². The van der Waals surface area contributed by atoms with Crippen LogP contribution in [0.3, 0.4) is 0 Å². The summed E-state index contributed by atoms with van der Waals surface area (Å²) in [5, 5.41) is 0. The second-order valence-corrected chi connectivity index (χ2v) is 3.41. The lowest BCUT2D eigenvalue weighted by Crippen LogP contribution is -2.29.